The summed E-state index contributed by atoms with van der Waals surface area (Å²) in [7, 11) is 0. The van der Waals surface area contributed by atoms with Crippen molar-refractivity contribution in [3.05, 3.63) is 34.6 Å². The lowest BCUT2D eigenvalue weighted by Gasteiger charge is -2.15. The Kier molecular flexibility index (Phi) is 4.91. The zero-order valence-electron chi connectivity index (χ0n) is 9.65. The standard InChI is InChI=1S/C11H13ClFN3O2/c1-2-9(10(14)16-18)15-11(17)6-3-4-7(12)8(13)5-6/h3-5,9,18H,2H2,1H3,(H2,14,16)(H,15,17). The summed E-state index contributed by atoms with van der Waals surface area (Å²) in [5.74, 6) is -1.31. The summed E-state index contributed by atoms with van der Waals surface area (Å²) in [6.07, 6.45) is 0.442. The van der Waals surface area contributed by atoms with Crippen LogP contribution in [0.2, 0.25) is 5.02 Å². The van der Waals surface area contributed by atoms with E-state index in [0.29, 0.717) is 6.42 Å². The molecular formula is C11H13ClFN3O2. The summed E-state index contributed by atoms with van der Waals surface area (Å²) in [5.41, 5.74) is 5.51. The van der Waals surface area contributed by atoms with Crippen molar-refractivity contribution in [2.45, 2.75) is 19.4 Å². The van der Waals surface area contributed by atoms with Crippen LogP contribution in [0.3, 0.4) is 0 Å². The molecule has 0 aliphatic carbocycles. The Labute approximate surface area is 108 Å². The number of rotatable bonds is 4. The van der Waals surface area contributed by atoms with Crippen molar-refractivity contribution in [2.24, 2.45) is 10.9 Å². The van der Waals surface area contributed by atoms with Gasteiger partial charge in [0.05, 0.1) is 11.1 Å². The zero-order chi connectivity index (χ0) is 13.7. The van der Waals surface area contributed by atoms with Crippen LogP contribution in [0.1, 0.15) is 23.7 Å². The lowest BCUT2D eigenvalue weighted by Crippen LogP contribution is -2.44. The van der Waals surface area contributed by atoms with E-state index in [4.69, 9.17) is 22.5 Å². The molecule has 1 rings (SSSR count). The Hall–Kier alpha value is -1.82. The number of carbonyl (C=O) groups is 1. The Balaban J connectivity index is 2.84. The van der Waals surface area contributed by atoms with Gasteiger partial charge in [-0.25, -0.2) is 4.39 Å². The third-order valence-electron chi connectivity index (χ3n) is 2.37. The Morgan fingerprint density at radius 2 is 2.33 bits per heavy atom. The van der Waals surface area contributed by atoms with Crippen LogP contribution in [0.15, 0.2) is 23.4 Å². The number of nitrogens with one attached hydrogen (secondary N) is 1. The molecule has 5 nitrogen and oxygen atoms in total. The highest BCUT2D eigenvalue weighted by Crippen LogP contribution is 2.15. The summed E-state index contributed by atoms with van der Waals surface area (Å²) in [4.78, 5) is 11.8. The van der Waals surface area contributed by atoms with Crippen LogP contribution in [0.25, 0.3) is 0 Å². The third kappa shape index (κ3) is 3.33. The molecule has 0 heterocycles. The molecule has 1 amide bonds. The van der Waals surface area contributed by atoms with Gasteiger partial charge in [-0.05, 0) is 24.6 Å². The number of benzene rings is 1. The molecule has 0 bridgehead atoms. The number of hydrogen-bond acceptors (Lipinski definition) is 3. The van der Waals surface area contributed by atoms with Crippen molar-refractivity contribution in [3.63, 3.8) is 0 Å². The molecular weight excluding hydrogens is 261 g/mol. The molecule has 0 aromatic heterocycles. The highest BCUT2D eigenvalue weighted by Gasteiger charge is 2.16. The van der Waals surface area contributed by atoms with Crippen LogP contribution >= 0.6 is 11.6 Å². The predicted molar refractivity (Wildman–Crippen MR) is 66.4 cm³/mol. The lowest BCUT2D eigenvalue weighted by atomic mass is 10.1. The quantitative estimate of drug-likeness (QED) is 0.338. The second-order valence-electron chi connectivity index (χ2n) is 3.59. The number of hydrogen-bond donors (Lipinski definition) is 3. The first-order valence-corrected chi connectivity index (χ1v) is 5.60. The van der Waals surface area contributed by atoms with Gasteiger partial charge in [0.2, 0.25) is 0 Å². The molecule has 98 valence electrons. The minimum absolute atomic E-state index is 0.0602. The maximum absolute atomic E-state index is 13.2. The van der Waals surface area contributed by atoms with Crippen LogP contribution in [-0.4, -0.2) is 23.0 Å². The number of nitrogens with two attached hydrogens (primary N) is 1. The SMILES string of the molecule is CCC(NC(=O)c1ccc(Cl)c(F)c1)/C(N)=N/O. The van der Waals surface area contributed by atoms with Gasteiger partial charge in [-0.3, -0.25) is 4.79 Å². The first-order chi connectivity index (χ1) is 8.49. The summed E-state index contributed by atoms with van der Waals surface area (Å²) < 4.78 is 13.2. The highest BCUT2D eigenvalue weighted by atomic mass is 35.5. The molecule has 4 N–H and O–H groups in total. The molecule has 0 radical (unpaired) electrons. The molecule has 0 aliphatic heterocycles. The average molecular weight is 274 g/mol. The van der Waals surface area contributed by atoms with E-state index in [1.807, 2.05) is 0 Å². The first-order valence-electron chi connectivity index (χ1n) is 5.23. The summed E-state index contributed by atoms with van der Waals surface area (Å²) in [6, 6.07) is 3.09. The van der Waals surface area contributed by atoms with Crippen molar-refractivity contribution in [1.82, 2.24) is 5.32 Å². The highest BCUT2D eigenvalue weighted by molar-refractivity contribution is 6.30. The Morgan fingerprint density at radius 1 is 1.67 bits per heavy atom. The fourth-order valence-electron chi connectivity index (χ4n) is 1.33. The lowest BCUT2D eigenvalue weighted by molar-refractivity contribution is 0.0945. The summed E-state index contributed by atoms with van der Waals surface area (Å²) >= 11 is 5.51. The fourth-order valence-corrected chi connectivity index (χ4v) is 1.45. The number of amidine groups is 1. The van der Waals surface area contributed by atoms with Crippen LogP contribution in [0, 0.1) is 5.82 Å². The van der Waals surface area contributed by atoms with Crippen molar-refractivity contribution in [1.29, 1.82) is 0 Å². The Morgan fingerprint density at radius 3 is 2.83 bits per heavy atom. The van der Waals surface area contributed by atoms with Crippen LogP contribution in [-0.2, 0) is 0 Å². The van der Waals surface area contributed by atoms with Gasteiger partial charge in [-0.2, -0.15) is 0 Å². The summed E-state index contributed by atoms with van der Waals surface area (Å²) in [5, 5.41) is 13.8. The monoisotopic (exact) mass is 273 g/mol. The van der Waals surface area contributed by atoms with Gasteiger partial charge in [0.25, 0.3) is 5.91 Å². The van der Waals surface area contributed by atoms with Gasteiger partial charge in [0.15, 0.2) is 5.84 Å². The molecule has 0 aliphatic rings. The molecule has 0 saturated carbocycles. The van der Waals surface area contributed by atoms with E-state index in [9.17, 15) is 9.18 Å². The maximum atomic E-state index is 13.2. The van der Waals surface area contributed by atoms with Crippen LogP contribution in [0.5, 0.6) is 0 Å². The normalized spacial score (nSPS) is 13.2. The number of amides is 1. The van der Waals surface area contributed by atoms with Gasteiger partial charge in [0.1, 0.15) is 5.82 Å². The van der Waals surface area contributed by atoms with E-state index in [0.717, 1.165) is 6.07 Å². The van der Waals surface area contributed by atoms with Crippen molar-refractivity contribution in [2.75, 3.05) is 0 Å². The first kappa shape index (κ1) is 14.2. The summed E-state index contributed by atoms with van der Waals surface area (Å²) in [6.45, 7) is 1.76. The smallest absolute Gasteiger partial charge is 0.251 e. The molecule has 1 unspecified atom stereocenters. The second kappa shape index (κ2) is 6.20. The Bertz CT molecular complexity index is 479. The van der Waals surface area contributed by atoms with Crippen molar-refractivity contribution < 1.29 is 14.4 Å². The number of oxime groups is 1. The molecule has 0 fully saturated rings. The van der Waals surface area contributed by atoms with Gasteiger partial charge >= 0.3 is 0 Å². The average Bonchev–Trinajstić information content (AvgIpc) is 2.37. The molecule has 18 heavy (non-hydrogen) atoms. The maximum Gasteiger partial charge on any atom is 0.251 e. The molecule has 7 heteroatoms. The topological polar surface area (TPSA) is 87.7 Å². The van der Waals surface area contributed by atoms with Crippen molar-refractivity contribution >= 4 is 23.3 Å². The van der Waals surface area contributed by atoms with Gasteiger partial charge in [-0.1, -0.05) is 23.7 Å². The molecule has 0 spiro atoms. The van der Waals surface area contributed by atoms with E-state index in [1.165, 1.54) is 12.1 Å². The largest absolute Gasteiger partial charge is 0.409 e. The zero-order valence-corrected chi connectivity index (χ0v) is 10.4. The van der Waals surface area contributed by atoms with E-state index in [1.54, 1.807) is 6.92 Å². The van der Waals surface area contributed by atoms with Crippen LogP contribution in [0.4, 0.5) is 4.39 Å². The molecule has 1 atom stereocenters. The molecule has 1 aromatic rings. The fraction of sp³-hybridized carbons (Fsp3) is 0.273. The second-order valence-corrected chi connectivity index (χ2v) is 4.00. The van der Waals surface area contributed by atoms with Crippen LogP contribution < -0.4 is 11.1 Å². The van der Waals surface area contributed by atoms with Crippen molar-refractivity contribution in [3.8, 4) is 0 Å². The molecule has 1 aromatic carbocycles. The number of nitrogens with zero attached hydrogens (tertiary/aromatic N) is 1. The van der Waals surface area contributed by atoms with E-state index in [2.05, 4.69) is 10.5 Å². The minimum atomic E-state index is -0.679. The number of carbonyl (C=O) groups excluding carboxylic acids is 1. The minimum Gasteiger partial charge on any atom is -0.409 e. The van der Waals surface area contributed by atoms with Gasteiger partial charge in [0, 0.05) is 5.56 Å². The number of halogens is 2. The molecule has 0 saturated heterocycles. The van der Waals surface area contributed by atoms with E-state index >= 15 is 0 Å². The van der Waals surface area contributed by atoms with E-state index in [-0.39, 0.29) is 16.4 Å². The predicted octanol–water partition coefficient (Wildman–Crippen LogP) is 1.73. The van der Waals surface area contributed by atoms with Gasteiger partial charge < -0.3 is 16.3 Å². The van der Waals surface area contributed by atoms with Gasteiger partial charge in [-0.15, -0.1) is 0 Å². The third-order valence-corrected chi connectivity index (χ3v) is 2.67. The van der Waals surface area contributed by atoms with E-state index < -0.39 is 17.8 Å².